The molecule has 3 fully saturated rings. The summed E-state index contributed by atoms with van der Waals surface area (Å²) in [5.41, 5.74) is -1.00. The first-order chi connectivity index (χ1) is 17.2. The van der Waals surface area contributed by atoms with Crippen molar-refractivity contribution < 1.29 is 40.3 Å². The molecule has 1 aromatic carbocycles. The minimum absolute atomic E-state index is 0.0482. The summed E-state index contributed by atoms with van der Waals surface area (Å²) in [6, 6.07) is 2.86. The second-order valence-corrected chi connectivity index (χ2v) is 12.2. The lowest BCUT2D eigenvalue weighted by molar-refractivity contribution is -0.140. The van der Waals surface area contributed by atoms with Gasteiger partial charge in [-0.25, -0.2) is 26.7 Å². The lowest BCUT2D eigenvalue weighted by Crippen LogP contribution is -2.56. The van der Waals surface area contributed by atoms with Crippen LogP contribution in [0.3, 0.4) is 0 Å². The molecule has 1 N–H and O–H groups in total. The van der Waals surface area contributed by atoms with E-state index < -0.39 is 69.2 Å². The van der Waals surface area contributed by atoms with Crippen molar-refractivity contribution in [2.24, 2.45) is 0 Å². The molecule has 2 aromatic rings. The molecule has 2 atom stereocenters. The maximum Gasteiger partial charge on any atom is 0.417 e. The van der Waals surface area contributed by atoms with Crippen LogP contribution >= 0.6 is 0 Å². The average Bonchev–Trinajstić information content (AvgIpc) is 3.34. The van der Waals surface area contributed by atoms with E-state index in [2.05, 4.69) is 5.10 Å². The molecule has 3 aliphatic rings. The number of carbonyl (C=O) groups is 1. The van der Waals surface area contributed by atoms with Gasteiger partial charge in [-0.05, 0) is 50.8 Å². The summed E-state index contributed by atoms with van der Waals surface area (Å²) >= 11 is 0. The fourth-order valence-corrected chi connectivity index (χ4v) is 7.08. The van der Waals surface area contributed by atoms with Crippen LogP contribution in [0.5, 0.6) is 0 Å². The second-order valence-electron chi connectivity index (χ2n) is 9.97. The van der Waals surface area contributed by atoms with Crippen LogP contribution in [0.25, 0.3) is 0 Å². The third-order valence-electron chi connectivity index (χ3n) is 7.32. The molecule has 1 aromatic heterocycles. The van der Waals surface area contributed by atoms with Gasteiger partial charge in [0.15, 0.2) is 9.84 Å². The SMILES string of the molecule is Cc1cc(N2C[C@H](S(=O)(=O)c3ccc(N4CC(F)(F)C4)cc3C(F)(F)F)C[C@H]2C(=O)O)n(C2CCC2)n1. The molecular weight excluding hydrogens is 523 g/mol. The molecule has 1 saturated carbocycles. The van der Waals surface area contributed by atoms with E-state index in [0.717, 1.165) is 36.3 Å². The van der Waals surface area contributed by atoms with E-state index in [-0.39, 0.29) is 18.3 Å². The highest BCUT2D eigenvalue weighted by molar-refractivity contribution is 7.92. The maximum absolute atomic E-state index is 14.0. The third kappa shape index (κ3) is 4.53. The summed E-state index contributed by atoms with van der Waals surface area (Å²) in [4.78, 5) is 13.5. The highest BCUT2D eigenvalue weighted by Crippen LogP contribution is 2.43. The van der Waals surface area contributed by atoms with E-state index in [4.69, 9.17) is 0 Å². The summed E-state index contributed by atoms with van der Waals surface area (Å²) in [5.74, 6) is -3.88. The lowest BCUT2D eigenvalue weighted by Gasteiger charge is -2.40. The topological polar surface area (TPSA) is 95.7 Å². The summed E-state index contributed by atoms with van der Waals surface area (Å²) < 4.78 is 97.2. The van der Waals surface area contributed by atoms with Gasteiger partial charge < -0.3 is 14.9 Å². The van der Waals surface area contributed by atoms with Gasteiger partial charge in [-0.2, -0.15) is 18.3 Å². The highest BCUT2D eigenvalue weighted by Gasteiger charge is 2.49. The van der Waals surface area contributed by atoms with Crippen molar-refractivity contribution in [2.45, 2.75) is 66.9 Å². The number of benzene rings is 1. The van der Waals surface area contributed by atoms with Crippen molar-refractivity contribution in [3.8, 4) is 0 Å². The van der Waals surface area contributed by atoms with Crippen molar-refractivity contribution in [3.05, 3.63) is 35.5 Å². The Morgan fingerprint density at radius 1 is 1.16 bits per heavy atom. The zero-order valence-electron chi connectivity index (χ0n) is 19.8. The van der Waals surface area contributed by atoms with Crippen LogP contribution in [0.15, 0.2) is 29.2 Å². The van der Waals surface area contributed by atoms with Gasteiger partial charge in [-0.15, -0.1) is 0 Å². The van der Waals surface area contributed by atoms with E-state index >= 15 is 0 Å². The Balaban J connectivity index is 1.49. The quantitative estimate of drug-likeness (QED) is 0.548. The fourth-order valence-electron chi connectivity index (χ4n) is 5.19. The van der Waals surface area contributed by atoms with Crippen LogP contribution in [-0.4, -0.2) is 66.1 Å². The van der Waals surface area contributed by atoms with Crippen molar-refractivity contribution in [3.63, 3.8) is 0 Å². The number of hydrogen-bond acceptors (Lipinski definition) is 6. The molecule has 202 valence electrons. The van der Waals surface area contributed by atoms with Crippen LogP contribution < -0.4 is 9.80 Å². The van der Waals surface area contributed by atoms with Gasteiger partial charge in [-0.1, -0.05) is 0 Å². The Hall–Kier alpha value is -2.90. The molecule has 8 nitrogen and oxygen atoms in total. The van der Waals surface area contributed by atoms with Gasteiger partial charge in [-0.3, -0.25) is 0 Å². The molecule has 0 amide bonds. The molecule has 3 heterocycles. The Morgan fingerprint density at radius 3 is 2.38 bits per heavy atom. The summed E-state index contributed by atoms with van der Waals surface area (Å²) in [6.07, 6.45) is -2.83. The first-order valence-electron chi connectivity index (χ1n) is 11.8. The number of rotatable bonds is 6. The van der Waals surface area contributed by atoms with Crippen molar-refractivity contribution in [1.29, 1.82) is 0 Å². The Morgan fingerprint density at radius 2 is 1.84 bits per heavy atom. The van der Waals surface area contributed by atoms with Gasteiger partial charge in [0.1, 0.15) is 11.9 Å². The fraction of sp³-hybridized carbons (Fsp3) is 0.565. The molecule has 2 saturated heterocycles. The predicted molar refractivity (Wildman–Crippen MR) is 123 cm³/mol. The summed E-state index contributed by atoms with van der Waals surface area (Å²) in [7, 11) is -4.65. The number of carboxylic acid groups (broad SMARTS) is 1. The third-order valence-corrected chi connectivity index (χ3v) is 9.51. The normalized spacial score (nSPS) is 24.2. The number of aliphatic carboxylic acids is 1. The van der Waals surface area contributed by atoms with Gasteiger partial charge in [0, 0.05) is 18.3 Å². The molecule has 14 heteroatoms. The number of carboxylic acids is 1. The Kier molecular flexibility index (Phi) is 5.96. The number of sulfone groups is 1. The Labute approximate surface area is 209 Å². The largest absolute Gasteiger partial charge is 0.480 e. The zero-order chi connectivity index (χ0) is 26.9. The Bertz CT molecular complexity index is 1330. The average molecular weight is 549 g/mol. The molecule has 0 unspecified atom stereocenters. The monoisotopic (exact) mass is 548 g/mol. The van der Waals surface area contributed by atoms with Gasteiger partial charge >= 0.3 is 12.1 Å². The van der Waals surface area contributed by atoms with Crippen LogP contribution in [0.4, 0.5) is 33.5 Å². The molecular formula is C23H25F5N4O4S. The molecule has 5 rings (SSSR count). The van der Waals surface area contributed by atoms with Crippen LogP contribution in [-0.2, 0) is 20.8 Å². The van der Waals surface area contributed by atoms with Crippen LogP contribution in [0, 0.1) is 6.92 Å². The number of halogens is 5. The molecule has 1 aliphatic carbocycles. The van der Waals surface area contributed by atoms with Crippen molar-refractivity contribution >= 4 is 27.3 Å². The van der Waals surface area contributed by atoms with Gasteiger partial charge in [0.2, 0.25) is 0 Å². The molecule has 0 spiro atoms. The molecule has 2 aliphatic heterocycles. The standard InChI is InChI=1S/C23H25F5N4O4S/c1-13-7-20(32(29-13)14-3-2-4-14)31-10-16(9-18(31)21(33)34)37(35,36)19-6-5-15(8-17(19)23(26,27)28)30-11-22(24,25)12-30/h5-8,14,16,18H,2-4,9-12H2,1H3,(H,33,34)/t16-,18+/m1/s1. The second kappa shape index (κ2) is 8.57. The molecule has 0 bridgehead atoms. The van der Waals surface area contributed by atoms with Gasteiger partial charge in [0.05, 0.1) is 40.5 Å². The highest BCUT2D eigenvalue weighted by atomic mass is 32.2. The number of anilines is 2. The number of nitrogens with zero attached hydrogens (tertiary/aromatic N) is 4. The number of hydrogen-bond donors (Lipinski definition) is 1. The van der Waals surface area contributed by atoms with E-state index in [1.54, 1.807) is 17.7 Å². The minimum Gasteiger partial charge on any atom is -0.480 e. The van der Waals surface area contributed by atoms with Crippen LogP contribution in [0.2, 0.25) is 0 Å². The summed E-state index contributed by atoms with van der Waals surface area (Å²) in [5, 5.41) is 12.9. The maximum atomic E-state index is 14.0. The van der Waals surface area contributed by atoms with Crippen molar-refractivity contribution in [2.75, 3.05) is 29.4 Å². The van der Waals surface area contributed by atoms with Gasteiger partial charge in [0.25, 0.3) is 5.92 Å². The summed E-state index contributed by atoms with van der Waals surface area (Å²) in [6.45, 7) is -0.122. The number of aromatic nitrogens is 2. The van der Waals surface area contributed by atoms with E-state index in [9.17, 15) is 40.3 Å². The van der Waals surface area contributed by atoms with E-state index in [1.165, 1.54) is 4.90 Å². The lowest BCUT2D eigenvalue weighted by atomic mass is 9.93. The predicted octanol–water partition coefficient (Wildman–Crippen LogP) is 3.90. The first-order valence-corrected chi connectivity index (χ1v) is 13.4. The van der Waals surface area contributed by atoms with E-state index in [0.29, 0.717) is 17.6 Å². The van der Waals surface area contributed by atoms with E-state index in [1.807, 2.05) is 0 Å². The zero-order valence-corrected chi connectivity index (χ0v) is 20.6. The van der Waals surface area contributed by atoms with Crippen LogP contribution in [0.1, 0.15) is 43.0 Å². The molecule has 37 heavy (non-hydrogen) atoms. The first kappa shape index (κ1) is 25.7. The number of aryl methyl sites for hydroxylation is 1. The molecule has 0 radical (unpaired) electrons. The number of alkyl halides is 5. The minimum atomic E-state index is -5.07. The smallest absolute Gasteiger partial charge is 0.417 e. The van der Waals surface area contributed by atoms with Crippen molar-refractivity contribution in [1.82, 2.24) is 9.78 Å².